The van der Waals surface area contributed by atoms with Gasteiger partial charge < -0.3 is 20.9 Å². The lowest BCUT2D eigenvalue weighted by molar-refractivity contribution is 0.0886. The van der Waals surface area contributed by atoms with E-state index in [1.165, 1.54) is 0 Å². The van der Waals surface area contributed by atoms with E-state index in [9.17, 15) is 5.11 Å². The van der Waals surface area contributed by atoms with Crippen LogP contribution in [0.25, 0.3) is 0 Å². The molecule has 6 heteroatoms. The van der Waals surface area contributed by atoms with Crippen molar-refractivity contribution in [3.8, 4) is 0 Å². The molecule has 0 aliphatic rings. The lowest BCUT2D eigenvalue weighted by Crippen LogP contribution is -2.36. The maximum absolute atomic E-state index is 9.70. The Morgan fingerprint density at radius 3 is 2.59 bits per heavy atom. The number of nitrogens with two attached hydrogens (primary N) is 1. The van der Waals surface area contributed by atoms with Crippen LogP contribution in [0.5, 0.6) is 0 Å². The van der Waals surface area contributed by atoms with Crippen LogP contribution >= 0.6 is 0 Å². The molecule has 0 radical (unpaired) electrons. The molecule has 0 amide bonds. The lowest BCUT2D eigenvalue weighted by Gasteiger charge is -2.26. The van der Waals surface area contributed by atoms with Crippen molar-refractivity contribution in [3.05, 3.63) is 24.0 Å². The largest absolute Gasteiger partial charge is 0.409 e. The molecule has 0 saturated heterocycles. The molecule has 1 aromatic rings. The van der Waals surface area contributed by atoms with Crippen molar-refractivity contribution in [2.45, 2.75) is 19.4 Å². The number of likely N-dealkylation sites (N-methyl/N-ethyl adjacent to an activating group) is 1. The standard InChI is InChI=1S/C11H18N4O2/c1-11(2,16)7-15(3)8-4-5-9(13-6-8)10(12)14-17/h4-6,16-17H,7H2,1-3H3,(H2,12,14). The maximum Gasteiger partial charge on any atom is 0.188 e. The molecular weight excluding hydrogens is 220 g/mol. The molecule has 0 bridgehead atoms. The topological polar surface area (TPSA) is 95.0 Å². The monoisotopic (exact) mass is 238 g/mol. The second kappa shape index (κ2) is 5.01. The number of aliphatic hydroxyl groups is 1. The zero-order valence-corrected chi connectivity index (χ0v) is 10.3. The van der Waals surface area contributed by atoms with Gasteiger partial charge in [-0.2, -0.15) is 0 Å². The fraction of sp³-hybridized carbons (Fsp3) is 0.455. The van der Waals surface area contributed by atoms with Crippen LogP contribution < -0.4 is 10.6 Å². The number of hydrogen-bond donors (Lipinski definition) is 3. The van der Waals surface area contributed by atoms with Crippen molar-refractivity contribution in [2.24, 2.45) is 10.9 Å². The molecule has 1 heterocycles. The Hall–Kier alpha value is -1.82. The van der Waals surface area contributed by atoms with Gasteiger partial charge in [0.05, 0.1) is 17.5 Å². The minimum absolute atomic E-state index is 0.0262. The number of pyridine rings is 1. The minimum atomic E-state index is -0.779. The highest BCUT2D eigenvalue weighted by atomic mass is 16.4. The molecule has 0 aliphatic carbocycles. The van der Waals surface area contributed by atoms with Crippen molar-refractivity contribution < 1.29 is 10.3 Å². The van der Waals surface area contributed by atoms with Crippen molar-refractivity contribution in [2.75, 3.05) is 18.5 Å². The summed E-state index contributed by atoms with van der Waals surface area (Å²) in [5.41, 5.74) is 5.89. The molecule has 0 unspecified atom stereocenters. The predicted octanol–water partition coefficient (Wildman–Crippen LogP) is 0.383. The van der Waals surface area contributed by atoms with Crippen LogP contribution in [0, 0.1) is 0 Å². The molecule has 0 saturated carbocycles. The molecule has 0 fully saturated rings. The Bertz CT molecular complexity index is 395. The Kier molecular flexibility index (Phi) is 3.90. The van der Waals surface area contributed by atoms with Crippen molar-refractivity contribution in [3.63, 3.8) is 0 Å². The summed E-state index contributed by atoms with van der Waals surface area (Å²) >= 11 is 0. The van der Waals surface area contributed by atoms with E-state index in [-0.39, 0.29) is 5.84 Å². The van der Waals surface area contributed by atoms with Crippen LogP contribution in [0.4, 0.5) is 5.69 Å². The van der Waals surface area contributed by atoms with Crippen LogP contribution in [-0.4, -0.2) is 40.3 Å². The predicted molar refractivity (Wildman–Crippen MR) is 66.3 cm³/mol. The lowest BCUT2D eigenvalue weighted by atomic mass is 10.1. The molecule has 94 valence electrons. The minimum Gasteiger partial charge on any atom is -0.409 e. The molecule has 4 N–H and O–H groups in total. The SMILES string of the molecule is CN(CC(C)(C)O)c1ccc(/C(N)=N/O)nc1. The summed E-state index contributed by atoms with van der Waals surface area (Å²) in [4.78, 5) is 5.94. The molecule has 1 aromatic heterocycles. The van der Waals surface area contributed by atoms with Gasteiger partial charge in [-0.3, -0.25) is 4.98 Å². The van der Waals surface area contributed by atoms with E-state index < -0.39 is 5.60 Å². The first-order valence-electron chi connectivity index (χ1n) is 5.21. The van der Waals surface area contributed by atoms with Gasteiger partial charge in [0.1, 0.15) is 5.69 Å². The highest BCUT2D eigenvalue weighted by Crippen LogP contribution is 2.14. The zero-order valence-electron chi connectivity index (χ0n) is 10.3. The van der Waals surface area contributed by atoms with E-state index in [1.807, 2.05) is 11.9 Å². The average molecular weight is 238 g/mol. The number of hydrogen-bond acceptors (Lipinski definition) is 5. The van der Waals surface area contributed by atoms with Gasteiger partial charge in [-0.1, -0.05) is 5.16 Å². The van der Waals surface area contributed by atoms with E-state index in [2.05, 4.69) is 10.1 Å². The first kappa shape index (κ1) is 13.2. The van der Waals surface area contributed by atoms with Crippen molar-refractivity contribution >= 4 is 11.5 Å². The van der Waals surface area contributed by atoms with E-state index >= 15 is 0 Å². The van der Waals surface area contributed by atoms with Gasteiger partial charge in [-0.15, -0.1) is 0 Å². The average Bonchev–Trinajstić information content (AvgIpc) is 2.26. The normalized spacial score (nSPS) is 12.6. The molecule has 0 aromatic carbocycles. The highest BCUT2D eigenvalue weighted by molar-refractivity contribution is 5.95. The van der Waals surface area contributed by atoms with Gasteiger partial charge in [0.15, 0.2) is 5.84 Å². The van der Waals surface area contributed by atoms with E-state index in [0.717, 1.165) is 5.69 Å². The van der Waals surface area contributed by atoms with E-state index in [1.54, 1.807) is 32.2 Å². The van der Waals surface area contributed by atoms with E-state index in [4.69, 9.17) is 10.9 Å². The van der Waals surface area contributed by atoms with Gasteiger partial charge in [0, 0.05) is 13.6 Å². The van der Waals surface area contributed by atoms with Crippen LogP contribution in [0.3, 0.4) is 0 Å². The number of nitrogens with zero attached hydrogens (tertiary/aromatic N) is 3. The Morgan fingerprint density at radius 2 is 2.18 bits per heavy atom. The second-order valence-electron chi connectivity index (χ2n) is 4.56. The summed E-state index contributed by atoms with van der Waals surface area (Å²) in [7, 11) is 1.86. The first-order valence-corrected chi connectivity index (χ1v) is 5.21. The third-order valence-electron chi connectivity index (χ3n) is 2.18. The van der Waals surface area contributed by atoms with Crippen LogP contribution in [0.15, 0.2) is 23.5 Å². The van der Waals surface area contributed by atoms with Gasteiger partial charge >= 0.3 is 0 Å². The molecule has 17 heavy (non-hydrogen) atoms. The molecule has 1 rings (SSSR count). The molecule has 6 nitrogen and oxygen atoms in total. The van der Waals surface area contributed by atoms with Crippen LogP contribution in [0.1, 0.15) is 19.5 Å². The second-order valence-corrected chi connectivity index (χ2v) is 4.56. The molecule has 0 atom stereocenters. The fourth-order valence-corrected chi connectivity index (χ4v) is 1.49. The van der Waals surface area contributed by atoms with Crippen molar-refractivity contribution in [1.82, 2.24) is 4.98 Å². The zero-order chi connectivity index (χ0) is 13.1. The molecule has 0 aliphatic heterocycles. The number of amidine groups is 1. The Balaban J connectivity index is 2.81. The van der Waals surface area contributed by atoms with Gasteiger partial charge in [0.2, 0.25) is 0 Å². The highest BCUT2D eigenvalue weighted by Gasteiger charge is 2.16. The van der Waals surface area contributed by atoms with Crippen LogP contribution in [0.2, 0.25) is 0 Å². The third kappa shape index (κ3) is 3.92. The number of aromatic nitrogens is 1. The van der Waals surface area contributed by atoms with E-state index in [0.29, 0.717) is 12.2 Å². The summed E-state index contributed by atoms with van der Waals surface area (Å²) in [6.45, 7) is 3.96. The smallest absolute Gasteiger partial charge is 0.188 e. The summed E-state index contributed by atoms with van der Waals surface area (Å²) in [6, 6.07) is 3.46. The number of anilines is 1. The quantitative estimate of drug-likeness (QED) is 0.305. The molecular formula is C11H18N4O2. The van der Waals surface area contributed by atoms with Crippen molar-refractivity contribution in [1.29, 1.82) is 0 Å². The maximum atomic E-state index is 9.70. The summed E-state index contributed by atoms with van der Waals surface area (Å²) < 4.78 is 0. The van der Waals surface area contributed by atoms with Gasteiger partial charge in [-0.25, -0.2) is 0 Å². The Morgan fingerprint density at radius 1 is 1.53 bits per heavy atom. The van der Waals surface area contributed by atoms with Gasteiger partial charge in [0.25, 0.3) is 0 Å². The fourth-order valence-electron chi connectivity index (χ4n) is 1.49. The summed E-state index contributed by atoms with van der Waals surface area (Å²) in [5.74, 6) is -0.0262. The first-order chi connectivity index (χ1) is 7.83. The van der Waals surface area contributed by atoms with Gasteiger partial charge in [-0.05, 0) is 26.0 Å². The third-order valence-corrected chi connectivity index (χ3v) is 2.18. The molecule has 0 spiro atoms. The summed E-state index contributed by atoms with van der Waals surface area (Å²) in [5, 5.41) is 21.1. The number of oxime groups is 1. The summed E-state index contributed by atoms with van der Waals surface area (Å²) in [6.07, 6.45) is 1.61. The number of rotatable bonds is 4. The van der Waals surface area contributed by atoms with Crippen LogP contribution in [-0.2, 0) is 0 Å². The Labute approximate surface area is 100 Å².